The van der Waals surface area contributed by atoms with Gasteiger partial charge in [0.15, 0.2) is 11.5 Å². The zero-order chi connectivity index (χ0) is 17.6. The van der Waals surface area contributed by atoms with Gasteiger partial charge in [-0.05, 0) is 32.8 Å². The maximum Gasteiger partial charge on any atom is 0.329 e. The van der Waals surface area contributed by atoms with Gasteiger partial charge >= 0.3 is 11.7 Å². The Morgan fingerprint density at radius 2 is 2.20 bits per heavy atom. The van der Waals surface area contributed by atoms with E-state index in [2.05, 4.69) is 15.3 Å². The average Bonchev–Trinajstić information content (AvgIpc) is 3.28. The maximum absolute atomic E-state index is 11.1. The van der Waals surface area contributed by atoms with E-state index < -0.39 is 4.92 Å². The summed E-state index contributed by atoms with van der Waals surface area (Å²) in [4.78, 5) is 18.8. The number of benzene rings is 1. The van der Waals surface area contributed by atoms with Crippen LogP contribution in [0.3, 0.4) is 0 Å². The lowest BCUT2D eigenvalue weighted by molar-refractivity contribution is -0.384. The molecule has 1 aliphatic carbocycles. The summed E-state index contributed by atoms with van der Waals surface area (Å²) in [5.74, 6) is 1.37. The van der Waals surface area contributed by atoms with Crippen molar-refractivity contribution < 1.29 is 14.4 Å². The smallest absolute Gasteiger partial charge is 0.329 e. The minimum atomic E-state index is -0.500. The van der Waals surface area contributed by atoms with Crippen LogP contribution in [0.2, 0.25) is 0 Å². The van der Waals surface area contributed by atoms with Crippen LogP contribution in [-0.2, 0) is 6.42 Å². The number of para-hydroxylation sites is 1. The fraction of sp³-hybridized carbons (Fsp3) is 0.412. The van der Waals surface area contributed by atoms with Gasteiger partial charge in [-0.1, -0.05) is 12.1 Å². The van der Waals surface area contributed by atoms with Crippen LogP contribution in [0.5, 0.6) is 17.5 Å². The molecule has 2 aliphatic rings. The molecule has 0 atom stereocenters. The van der Waals surface area contributed by atoms with Crippen LogP contribution in [0.25, 0.3) is 0 Å². The highest BCUT2D eigenvalue weighted by Crippen LogP contribution is 2.43. The van der Waals surface area contributed by atoms with Gasteiger partial charge in [0.1, 0.15) is 11.8 Å². The molecular weight excluding hydrogens is 324 g/mol. The Bertz CT molecular complexity index is 849. The molecule has 1 aliphatic heterocycles. The van der Waals surface area contributed by atoms with Crippen LogP contribution in [0, 0.1) is 10.1 Å². The minimum absolute atomic E-state index is 0.0513. The van der Waals surface area contributed by atoms with E-state index in [9.17, 15) is 10.1 Å². The molecule has 1 saturated carbocycles. The first kappa shape index (κ1) is 15.6. The van der Waals surface area contributed by atoms with Crippen molar-refractivity contribution in [3.05, 3.63) is 40.1 Å². The highest BCUT2D eigenvalue weighted by atomic mass is 16.6. The van der Waals surface area contributed by atoms with E-state index in [1.165, 1.54) is 6.20 Å². The van der Waals surface area contributed by atoms with Gasteiger partial charge in [0.05, 0.1) is 4.92 Å². The van der Waals surface area contributed by atoms with Crippen molar-refractivity contribution in [1.29, 1.82) is 0 Å². The second-order valence-corrected chi connectivity index (χ2v) is 6.95. The lowest BCUT2D eigenvalue weighted by Gasteiger charge is -2.18. The zero-order valence-electron chi connectivity index (χ0n) is 14.0. The molecule has 1 fully saturated rings. The van der Waals surface area contributed by atoms with Crippen molar-refractivity contribution in [2.45, 2.75) is 44.8 Å². The molecule has 1 N–H and O–H groups in total. The first-order valence-electron chi connectivity index (χ1n) is 8.18. The number of hydrogen-bond donors (Lipinski definition) is 1. The van der Waals surface area contributed by atoms with Gasteiger partial charge in [0, 0.05) is 18.0 Å². The van der Waals surface area contributed by atoms with E-state index in [0.717, 1.165) is 24.8 Å². The van der Waals surface area contributed by atoms with Gasteiger partial charge in [-0.15, -0.1) is 0 Å². The lowest BCUT2D eigenvalue weighted by Crippen LogP contribution is -2.24. The Morgan fingerprint density at radius 1 is 1.40 bits per heavy atom. The topological polar surface area (TPSA) is 99.4 Å². The van der Waals surface area contributed by atoms with Gasteiger partial charge in [-0.2, -0.15) is 9.97 Å². The number of hydrogen-bond acceptors (Lipinski definition) is 7. The van der Waals surface area contributed by atoms with Gasteiger partial charge in [-0.3, -0.25) is 10.1 Å². The summed E-state index contributed by atoms with van der Waals surface area (Å²) in [6, 6.07) is 5.93. The third kappa shape index (κ3) is 3.19. The van der Waals surface area contributed by atoms with Crippen molar-refractivity contribution >= 4 is 11.5 Å². The summed E-state index contributed by atoms with van der Waals surface area (Å²) in [5, 5.41) is 14.2. The van der Waals surface area contributed by atoms with Crippen LogP contribution < -0.4 is 14.8 Å². The SMILES string of the molecule is CC1(C)Cc2cccc(Oc3ncc([N+](=O)[O-])c(NC4CC4)n3)c2O1. The number of fused-ring (bicyclic) bond motifs is 1. The molecule has 130 valence electrons. The fourth-order valence-electron chi connectivity index (χ4n) is 2.84. The molecule has 8 heteroatoms. The van der Waals surface area contributed by atoms with E-state index in [1.807, 2.05) is 26.0 Å². The number of nitro groups is 1. The summed E-state index contributed by atoms with van der Waals surface area (Å²) < 4.78 is 11.7. The number of anilines is 1. The second-order valence-electron chi connectivity index (χ2n) is 6.95. The minimum Gasteiger partial charge on any atom is -0.483 e. The molecule has 0 amide bonds. The largest absolute Gasteiger partial charge is 0.483 e. The molecule has 2 aromatic rings. The fourth-order valence-corrected chi connectivity index (χ4v) is 2.84. The van der Waals surface area contributed by atoms with Gasteiger partial charge in [0.2, 0.25) is 5.82 Å². The second kappa shape index (κ2) is 5.58. The first-order valence-corrected chi connectivity index (χ1v) is 8.18. The van der Waals surface area contributed by atoms with Crippen LogP contribution in [0.4, 0.5) is 11.5 Å². The average molecular weight is 342 g/mol. The van der Waals surface area contributed by atoms with E-state index in [-0.39, 0.29) is 29.2 Å². The normalized spacial score (nSPS) is 17.5. The monoisotopic (exact) mass is 342 g/mol. The summed E-state index contributed by atoms with van der Waals surface area (Å²) >= 11 is 0. The van der Waals surface area contributed by atoms with Crippen LogP contribution >= 0.6 is 0 Å². The number of ether oxygens (including phenoxy) is 2. The molecule has 0 spiro atoms. The van der Waals surface area contributed by atoms with E-state index in [4.69, 9.17) is 9.47 Å². The van der Waals surface area contributed by atoms with E-state index in [1.54, 1.807) is 6.07 Å². The predicted octanol–water partition coefficient (Wildman–Crippen LogP) is 3.46. The Morgan fingerprint density at radius 3 is 2.92 bits per heavy atom. The molecule has 1 aromatic heterocycles. The summed E-state index contributed by atoms with van der Waals surface area (Å²) in [6.07, 6.45) is 3.91. The molecule has 25 heavy (non-hydrogen) atoms. The highest BCUT2D eigenvalue weighted by Gasteiger charge is 2.33. The van der Waals surface area contributed by atoms with Gasteiger partial charge < -0.3 is 14.8 Å². The van der Waals surface area contributed by atoms with Crippen molar-refractivity contribution in [3.8, 4) is 17.5 Å². The van der Waals surface area contributed by atoms with E-state index in [0.29, 0.717) is 11.5 Å². The number of nitrogens with zero attached hydrogens (tertiary/aromatic N) is 3. The highest BCUT2D eigenvalue weighted by molar-refractivity contribution is 5.57. The van der Waals surface area contributed by atoms with Crippen LogP contribution in [0.15, 0.2) is 24.4 Å². The Hall–Kier alpha value is -2.90. The molecule has 4 rings (SSSR count). The molecule has 1 aromatic carbocycles. The van der Waals surface area contributed by atoms with Crippen LogP contribution in [0.1, 0.15) is 32.3 Å². The van der Waals surface area contributed by atoms with Crippen molar-refractivity contribution in [2.24, 2.45) is 0 Å². The molecule has 0 bridgehead atoms. The van der Waals surface area contributed by atoms with Crippen LogP contribution in [-0.4, -0.2) is 26.5 Å². The predicted molar refractivity (Wildman–Crippen MR) is 90.3 cm³/mol. The number of aromatic nitrogens is 2. The molecule has 0 unspecified atom stereocenters. The summed E-state index contributed by atoms with van der Waals surface area (Å²) in [6.45, 7) is 4.02. The Labute approximate surface area is 144 Å². The third-order valence-electron chi connectivity index (χ3n) is 4.12. The van der Waals surface area contributed by atoms with Crippen molar-refractivity contribution in [3.63, 3.8) is 0 Å². The van der Waals surface area contributed by atoms with Gasteiger partial charge in [0.25, 0.3) is 0 Å². The van der Waals surface area contributed by atoms with Crippen molar-refractivity contribution in [2.75, 3.05) is 5.32 Å². The number of nitrogens with one attached hydrogen (secondary N) is 1. The molecule has 8 nitrogen and oxygen atoms in total. The lowest BCUT2D eigenvalue weighted by atomic mass is 10.0. The zero-order valence-corrected chi connectivity index (χ0v) is 14.0. The summed E-state index contributed by atoms with van der Waals surface area (Å²) in [7, 11) is 0. The van der Waals surface area contributed by atoms with Crippen molar-refractivity contribution in [1.82, 2.24) is 9.97 Å². The molecule has 0 radical (unpaired) electrons. The van der Waals surface area contributed by atoms with E-state index >= 15 is 0 Å². The standard InChI is InChI=1S/C17H18N4O4/c1-17(2)8-10-4-3-5-13(14(10)25-17)24-16-18-9-12(21(22)23)15(20-16)19-11-6-7-11/h3-5,9,11H,6-8H2,1-2H3,(H,18,19,20). The Balaban J connectivity index is 1.64. The third-order valence-corrected chi connectivity index (χ3v) is 4.12. The molecular formula is C17H18N4O4. The quantitative estimate of drug-likeness (QED) is 0.656. The first-order chi connectivity index (χ1) is 11.9. The Kier molecular flexibility index (Phi) is 3.48. The maximum atomic E-state index is 11.1. The molecule has 2 heterocycles. The summed E-state index contributed by atoms with van der Waals surface area (Å²) in [5.41, 5.74) is 0.604. The molecule has 0 saturated heterocycles. The van der Waals surface area contributed by atoms with Gasteiger partial charge in [-0.25, -0.2) is 0 Å². The number of rotatable bonds is 5.